The molecule has 0 aliphatic carbocycles. The summed E-state index contributed by atoms with van der Waals surface area (Å²) in [6.45, 7) is 1.70. The van der Waals surface area contributed by atoms with E-state index in [9.17, 15) is 4.79 Å². The summed E-state index contributed by atoms with van der Waals surface area (Å²) >= 11 is 1.60. The Kier molecular flexibility index (Phi) is 6.06. The lowest BCUT2D eigenvalue weighted by molar-refractivity contribution is -0.125. The molecule has 4 nitrogen and oxygen atoms in total. The molecule has 1 amide bonds. The van der Waals surface area contributed by atoms with Crippen molar-refractivity contribution in [3.8, 4) is 11.8 Å². The Labute approximate surface area is 123 Å². The molecule has 108 valence electrons. The van der Waals surface area contributed by atoms with Gasteiger partial charge in [0.25, 0.3) is 0 Å². The Bertz CT molecular complexity index is 495. The Balaban J connectivity index is 1.73. The summed E-state index contributed by atoms with van der Waals surface area (Å²) in [5.74, 6) is 5.85. The molecule has 0 aromatic carbocycles. The first-order chi connectivity index (χ1) is 9.78. The molecule has 5 heteroatoms. The fourth-order valence-electron chi connectivity index (χ4n) is 2.13. The van der Waals surface area contributed by atoms with E-state index in [1.165, 1.54) is 0 Å². The van der Waals surface area contributed by atoms with E-state index < -0.39 is 0 Å². The van der Waals surface area contributed by atoms with E-state index in [1.54, 1.807) is 11.3 Å². The summed E-state index contributed by atoms with van der Waals surface area (Å²) in [4.78, 5) is 12.9. The largest absolute Gasteiger partial charge is 0.378 e. The van der Waals surface area contributed by atoms with Crippen LogP contribution in [0, 0.1) is 11.8 Å². The van der Waals surface area contributed by atoms with Crippen molar-refractivity contribution in [1.82, 2.24) is 5.32 Å². The first-order valence-corrected chi connectivity index (χ1v) is 7.80. The third kappa shape index (κ3) is 4.97. The predicted octanol–water partition coefficient (Wildman–Crippen LogP) is 1.63. The van der Waals surface area contributed by atoms with Crippen molar-refractivity contribution in [2.45, 2.75) is 38.3 Å². The van der Waals surface area contributed by atoms with Crippen LogP contribution in [0.5, 0.6) is 0 Å². The quantitative estimate of drug-likeness (QED) is 0.829. The summed E-state index contributed by atoms with van der Waals surface area (Å²) in [7, 11) is 0. The van der Waals surface area contributed by atoms with Crippen LogP contribution in [0.4, 0.5) is 0 Å². The molecular formula is C15H20N2O2S. The fourth-order valence-corrected chi connectivity index (χ4v) is 2.88. The van der Waals surface area contributed by atoms with Crippen molar-refractivity contribution >= 4 is 17.2 Å². The molecule has 1 aromatic heterocycles. The molecule has 0 spiro atoms. The zero-order valence-electron chi connectivity index (χ0n) is 11.5. The van der Waals surface area contributed by atoms with Gasteiger partial charge < -0.3 is 15.8 Å². The second-order valence-electron chi connectivity index (χ2n) is 4.78. The molecule has 1 aliphatic rings. The maximum absolute atomic E-state index is 11.8. The first-order valence-electron chi connectivity index (χ1n) is 6.92. The van der Waals surface area contributed by atoms with Crippen molar-refractivity contribution in [2.24, 2.45) is 5.73 Å². The summed E-state index contributed by atoms with van der Waals surface area (Å²) in [5, 5.41) is 4.91. The number of nitrogens with two attached hydrogens (primary N) is 1. The van der Waals surface area contributed by atoms with Crippen LogP contribution >= 0.6 is 11.3 Å². The number of amides is 1. The number of carbonyl (C=O) groups is 1. The number of ether oxygens (including phenoxy) is 1. The van der Waals surface area contributed by atoms with Crippen LogP contribution < -0.4 is 11.1 Å². The molecule has 1 aromatic rings. The van der Waals surface area contributed by atoms with Crippen molar-refractivity contribution in [3.63, 3.8) is 0 Å². The van der Waals surface area contributed by atoms with Gasteiger partial charge in [0, 0.05) is 22.4 Å². The Morgan fingerprint density at radius 1 is 1.55 bits per heavy atom. The van der Waals surface area contributed by atoms with E-state index in [-0.39, 0.29) is 12.0 Å². The standard InChI is InChI=1S/C15H20N2O2S/c16-6-3-4-12-8-14(20-11-12)10-17-15(18)9-13-5-1-2-7-19-13/h8,11,13H,1-2,5-7,9-10,16H2,(H,17,18). The molecule has 2 rings (SSSR count). The van der Waals surface area contributed by atoms with Crippen LogP contribution in [-0.2, 0) is 16.1 Å². The molecule has 1 fully saturated rings. The summed E-state index contributed by atoms with van der Waals surface area (Å²) in [6, 6.07) is 1.99. The lowest BCUT2D eigenvalue weighted by Gasteiger charge is -2.21. The first kappa shape index (κ1) is 15.0. The highest BCUT2D eigenvalue weighted by atomic mass is 32.1. The zero-order chi connectivity index (χ0) is 14.2. The van der Waals surface area contributed by atoms with Gasteiger partial charge in [0.2, 0.25) is 5.91 Å². The van der Waals surface area contributed by atoms with Crippen LogP contribution in [0.2, 0.25) is 0 Å². The van der Waals surface area contributed by atoms with E-state index >= 15 is 0 Å². The lowest BCUT2D eigenvalue weighted by Crippen LogP contribution is -2.29. The van der Waals surface area contributed by atoms with Crippen molar-refractivity contribution < 1.29 is 9.53 Å². The zero-order valence-corrected chi connectivity index (χ0v) is 12.3. The molecule has 3 N–H and O–H groups in total. The third-order valence-electron chi connectivity index (χ3n) is 3.14. The fraction of sp³-hybridized carbons (Fsp3) is 0.533. The Hall–Kier alpha value is -1.35. The third-order valence-corrected chi connectivity index (χ3v) is 4.07. The van der Waals surface area contributed by atoms with E-state index in [0.717, 1.165) is 36.3 Å². The molecule has 2 heterocycles. The normalized spacial score (nSPS) is 18.1. The summed E-state index contributed by atoms with van der Waals surface area (Å²) in [6.07, 6.45) is 3.82. The van der Waals surface area contributed by atoms with E-state index in [4.69, 9.17) is 10.5 Å². The Morgan fingerprint density at radius 2 is 2.45 bits per heavy atom. The average Bonchev–Trinajstić information content (AvgIpc) is 2.92. The molecule has 20 heavy (non-hydrogen) atoms. The van der Waals surface area contributed by atoms with Crippen molar-refractivity contribution in [1.29, 1.82) is 0 Å². The Morgan fingerprint density at radius 3 is 3.20 bits per heavy atom. The second kappa shape index (κ2) is 8.05. The van der Waals surface area contributed by atoms with Crippen LogP contribution in [0.15, 0.2) is 11.4 Å². The molecule has 0 bridgehead atoms. The summed E-state index contributed by atoms with van der Waals surface area (Å²) in [5.41, 5.74) is 6.29. The number of carbonyl (C=O) groups excluding carboxylic acids is 1. The smallest absolute Gasteiger partial charge is 0.222 e. The van der Waals surface area contributed by atoms with Gasteiger partial charge in [0.05, 0.1) is 25.6 Å². The number of nitrogens with one attached hydrogen (secondary N) is 1. The molecule has 1 atom stereocenters. The SMILES string of the molecule is NCC#Cc1csc(CNC(=O)CC2CCCCO2)c1. The molecule has 0 radical (unpaired) electrons. The number of hydrogen-bond donors (Lipinski definition) is 2. The lowest BCUT2D eigenvalue weighted by atomic mass is 10.1. The molecule has 1 aliphatic heterocycles. The van der Waals surface area contributed by atoms with Gasteiger partial charge in [-0.1, -0.05) is 11.8 Å². The molecule has 1 unspecified atom stereocenters. The van der Waals surface area contributed by atoms with Gasteiger partial charge in [-0.3, -0.25) is 4.79 Å². The van der Waals surface area contributed by atoms with Gasteiger partial charge >= 0.3 is 0 Å². The maximum Gasteiger partial charge on any atom is 0.222 e. The average molecular weight is 292 g/mol. The van der Waals surface area contributed by atoms with Gasteiger partial charge in [-0.05, 0) is 25.3 Å². The minimum atomic E-state index is 0.0555. The highest BCUT2D eigenvalue weighted by Gasteiger charge is 2.17. The van der Waals surface area contributed by atoms with Crippen molar-refractivity contribution in [2.75, 3.05) is 13.2 Å². The van der Waals surface area contributed by atoms with Gasteiger partial charge in [0.1, 0.15) is 0 Å². The van der Waals surface area contributed by atoms with Crippen LogP contribution in [0.25, 0.3) is 0 Å². The van der Waals surface area contributed by atoms with E-state index in [1.807, 2.05) is 11.4 Å². The monoisotopic (exact) mass is 292 g/mol. The van der Waals surface area contributed by atoms with E-state index in [0.29, 0.717) is 19.5 Å². The van der Waals surface area contributed by atoms with Gasteiger partial charge in [-0.2, -0.15) is 0 Å². The minimum Gasteiger partial charge on any atom is -0.378 e. The molecule has 0 saturated carbocycles. The highest BCUT2D eigenvalue weighted by Crippen LogP contribution is 2.16. The second-order valence-corrected chi connectivity index (χ2v) is 5.77. The van der Waals surface area contributed by atoms with Gasteiger partial charge in [-0.25, -0.2) is 0 Å². The molecule has 1 saturated heterocycles. The molecular weight excluding hydrogens is 272 g/mol. The van der Waals surface area contributed by atoms with Gasteiger partial charge in [-0.15, -0.1) is 11.3 Å². The maximum atomic E-state index is 11.8. The number of thiophene rings is 1. The predicted molar refractivity (Wildman–Crippen MR) is 80.3 cm³/mol. The van der Waals surface area contributed by atoms with Gasteiger partial charge in [0.15, 0.2) is 0 Å². The van der Waals surface area contributed by atoms with Crippen LogP contribution in [-0.4, -0.2) is 25.2 Å². The van der Waals surface area contributed by atoms with E-state index in [2.05, 4.69) is 17.2 Å². The number of rotatable bonds is 4. The van der Waals surface area contributed by atoms with Crippen LogP contribution in [0.1, 0.15) is 36.1 Å². The topological polar surface area (TPSA) is 64.3 Å². The highest BCUT2D eigenvalue weighted by molar-refractivity contribution is 7.10. The minimum absolute atomic E-state index is 0.0555. The van der Waals surface area contributed by atoms with Crippen LogP contribution in [0.3, 0.4) is 0 Å². The number of hydrogen-bond acceptors (Lipinski definition) is 4. The summed E-state index contributed by atoms with van der Waals surface area (Å²) < 4.78 is 5.56. The van der Waals surface area contributed by atoms with Crippen molar-refractivity contribution in [3.05, 3.63) is 21.9 Å².